The Kier molecular flexibility index (Phi) is 2.47. The van der Waals surface area contributed by atoms with Crippen LogP contribution in [-0.4, -0.2) is 15.6 Å². The monoisotopic (exact) mass is 168 g/mol. The van der Waals surface area contributed by atoms with Crippen LogP contribution >= 0.6 is 0 Å². The summed E-state index contributed by atoms with van der Waals surface area (Å²) in [7, 11) is 1.63. The van der Waals surface area contributed by atoms with Gasteiger partial charge >= 0.3 is 0 Å². The Labute approximate surface area is 70.2 Å². The maximum absolute atomic E-state index is 11.0. The van der Waals surface area contributed by atoms with Crippen LogP contribution in [0.3, 0.4) is 0 Å². The minimum Gasteiger partial charge on any atom is -0.300 e. The molecule has 0 spiro atoms. The molecule has 4 nitrogen and oxygen atoms in total. The molecular formula is C8H12N2O2. The van der Waals surface area contributed by atoms with Gasteiger partial charge in [-0.25, -0.2) is 0 Å². The molecule has 0 aliphatic carbocycles. The van der Waals surface area contributed by atoms with Gasteiger partial charge in [-0.2, -0.15) is 0 Å². The fraction of sp³-hybridized carbons (Fsp3) is 0.500. The topological polar surface area (TPSA) is 54.9 Å². The molecule has 0 aliphatic heterocycles. The third-order valence-corrected chi connectivity index (χ3v) is 1.72. The van der Waals surface area contributed by atoms with E-state index in [0.717, 1.165) is 0 Å². The van der Waals surface area contributed by atoms with Crippen LogP contribution in [0.1, 0.15) is 19.0 Å². The van der Waals surface area contributed by atoms with Gasteiger partial charge < -0.3 is 0 Å². The van der Waals surface area contributed by atoms with Crippen LogP contribution in [0.2, 0.25) is 0 Å². The molecule has 0 aliphatic rings. The number of carbonyl (C=O) groups excluding carboxylic acids is 1. The van der Waals surface area contributed by atoms with Gasteiger partial charge in [-0.15, -0.1) is 0 Å². The van der Waals surface area contributed by atoms with Crippen LogP contribution in [0.4, 0.5) is 0 Å². The first kappa shape index (κ1) is 8.77. The molecule has 0 saturated carbocycles. The molecule has 66 valence electrons. The highest BCUT2D eigenvalue weighted by atomic mass is 16.1. The van der Waals surface area contributed by atoms with Crippen LogP contribution in [0.25, 0.3) is 0 Å². The van der Waals surface area contributed by atoms with Crippen LogP contribution in [-0.2, 0) is 18.3 Å². The van der Waals surface area contributed by atoms with Gasteiger partial charge in [0.25, 0.3) is 5.56 Å². The van der Waals surface area contributed by atoms with Gasteiger partial charge in [-0.1, -0.05) is 6.92 Å². The number of nitrogens with one attached hydrogen (secondary N) is 1. The average Bonchev–Trinajstić information content (AvgIpc) is 2.31. The number of rotatable bonds is 3. The summed E-state index contributed by atoms with van der Waals surface area (Å²) >= 11 is 0. The first-order valence-electron chi connectivity index (χ1n) is 3.90. The third kappa shape index (κ3) is 1.84. The van der Waals surface area contributed by atoms with E-state index in [4.69, 9.17) is 0 Å². The number of aromatic amines is 1. The van der Waals surface area contributed by atoms with Gasteiger partial charge in [-0.3, -0.25) is 19.4 Å². The van der Waals surface area contributed by atoms with Crippen molar-refractivity contribution >= 4 is 5.78 Å². The number of nitrogens with zero attached hydrogens (tertiary/aromatic N) is 1. The number of aromatic nitrogens is 2. The number of Topliss-reactive ketones (excluding diaryl/α,β-unsaturated/α-hetero) is 1. The largest absolute Gasteiger partial charge is 0.300 e. The van der Waals surface area contributed by atoms with Crippen molar-refractivity contribution in [3.05, 3.63) is 22.1 Å². The summed E-state index contributed by atoms with van der Waals surface area (Å²) in [5.41, 5.74) is 0.586. The lowest BCUT2D eigenvalue weighted by Gasteiger charge is -1.93. The molecule has 0 fully saturated rings. The summed E-state index contributed by atoms with van der Waals surface area (Å²) in [6, 6.07) is 1.45. The zero-order chi connectivity index (χ0) is 9.14. The van der Waals surface area contributed by atoms with Gasteiger partial charge in [0.15, 0.2) is 0 Å². The Bertz CT molecular complexity index is 335. The normalized spacial score (nSPS) is 10.2. The third-order valence-electron chi connectivity index (χ3n) is 1.72. The van der Waals surface area contributed by atoms with Crippen molar-refractivity contribution in [1.82, 2.24) is 9.78 Å². The number of aryl methyl sites for hydroxylation is 1. The molecule has 0 bridgehead atoms. The van der Waals surface area contributed by atoms with Gasteiger partial charge in [-0.05, 0) is 0 Å². The molecule has 12 heavy (non-hydrogen) atoms. The fourth-order valence-electron chi connectivity index (χ4n) is 0.977. The van der Waals surface area contributed by atoms with E-state index in [1.54, 1.807) is 7.05 Å². The van der Waals surface area contributed by atoms with E-state index >= 15 is 0 Å². The van der Waals surface area contributed by atoms with Gasteiger partial charge in [0.05, 0.1) is 0 Å². The van der Waals surface area contributed by atoms with Crippen LogP contribution in [0, 0.1) is 0 Å². The van der Waals surface area contributed by atoms with E-state index < -0.39 is 0 Å². The molecule has 0 atom stereocenters. The van der Waals surface area contributed by atoms with Crippen molar-refractivity contribution in [3.8, 4) is 0 Å². The predicted octanol–water partition coefficient (Wildman–Crippen LogP) is 0.235. The van der Waals surface area contributed by atoms with E-state index in [0.29, 0.717) is 18.5 Å². The molecule has 0 amide bonds. The van der Waals surface area contributed by atoms with Crippen molar-refractivity contribution < 1.29 is 4.79 Å². The Hall–Kier alpha value is -1.32. The number of ketones is 1. The molecule has 0 unspecified atom stereocenters. The smallest absolute Gasteiger partial charge is 0.266 e. The zero-order valence-corrected chi connectivity index (χ0v) is 7.26. The number of hydrogen-bond acceptors (Lipinski definition) is 2. The van der Waals surface area contributed by atoms with E-state index in [9.17, 15) is 9.59 Å². The van der Waals surface area contributed by atoms with E-state index in [-0.39, 0.29) is 11.3 Å². The van der Waals surface area contributed by atoms with Crippen molar-refractivity contribution in [2.75, 3.05) is 0 Å². The van der Waals surface area contributed by atoms with Gasteiger partial charge in [0.2, 0.25) is 0 Å². The Balaban J connectivity index is 2.77. The van der Waals surface area contributed by atoms with Crippen LogP contribution < -0.4 is 5.56 Å². The molecule has 0 radical (unpaired) electrons. The summed E-state index contributed by atoms with van der Waals surface area (Å²) in [5, 5.41) is 2.79. The van der Waals surface area contributed by atoms with E-state index in [1.165, 1.54) is 10.7 Å². The first-order chi connectivity index (χ1) is 5.63. The Morgan fingerprint density at radius 3 is 2.75 bits per heavy atom. The highest BCUT2D eigenvalue weighted by molar-refractivity contribution is 5.80. The van der Waals surface area contributed by atoms with Gasteiger partial charge in [0.1, 0.15) is 5.78 Å². The zero-order valence-electron chi connectivity index (χ0n) is 7.26. The molecule has 1 heterocycles. The molecular weight excluding hydrogens is 156 g/mol. The quantitative estimate of drug-likeness (QED) is 0.702. The second kappa shape index (κ2) is 3.38. The summed E-state index contributed by atoms with van der Waals surface area (Å²) < 4.78 is 1.36. The van der Waals surface area contributed by atoms with E-state index in [1.807, 2.05) is 6.92 Å². The van der Waals surface area contributed by atoms with Gasteiger partial charge in [0, 0.05) is 31.6 Å². The minimum atomic E-state index is -0.103. The molecule has 1 rings (SSSR count). The second-order valence-electron chi connectivity index (χ2n) is 2.75. The fourth-order valence-corrected chi connectivity index (χ4v) is 0.977. The summed E-state index contributed by atoms with van der Waals surface area (Å²) in [6.07, 6.45) is 0.837. The summed E-state index contributed by atoms with van der Waals surface area (Å²) in [6.45, 7) is 1.81. The molecule has 0 aromatic carbocycles. The number of carbonyl (C=O) groups is 1. The van der Waals surface area contributed by atoms with E-state index in [2.05, 4.69) is 5.10 Å². The molecule has 0 saturated heterocycles. The molecule has 1 N–H and O–H groups in total. The lowest BCUT2D eigenvalue weighted by molar-refractivity contribution is -0.118. The van der Waals surface area contributed by atoms with Crippen molar-refractivity contribution in [2.24, 2.45) is 7.05 Å². The second-order valence-corrected chi connectivity index (χ2v) is 2.75. The Morgan fingerprint density at radius 1 is 1.67 bits per heavy atom. The lowest BCUT2D eigenvalue weighted by Crippen LogP contribution is -2.09. The van der Waals surface area contributed by atoms with Crippen molar-refractivity contribution in [3.63, 3.8) is 0 Å². The summed E-state index contributed by atoms with van der Waals surface area (Å²) in [5.74, 6) is 0.136. The summed E-state index contributed by atoms with van der Waals surface area (Å²) in [4.78, 5) is 21.9. The maximum Gasteiger partial charge on any atom is 0.266 e. The minimum absolute atomic E-state index is 0.103. The molecule has 1 aromatic rings. The SMILES string of the molecule is CCC(=O)Cc1cc(=O)n(C)[nH]1. The number of H-pyrrole nitrogens is 1. The lowest BCUT2D eigenvalue weighted by atomic mass is 10.2. The predicted molar refractivity (Wildman–Crippen MR) is 45.0 cm³/mol. The highest BCUT2D eigenvalue weighted by Gasteiger charge is 2.03. The standard InChI is InChI=1S/C8H12N2O2/c1-3-7(11)4-6-5-8(12)10(2)9-6/h5,9H,3-4H2,1-2H3. The maximum atomic E-state index is 11.0. The van der Waals surface area contributed by atoms with Crippen molar-refractivity contribution in [1.29, 1.82) is 0 Å². The van der Waals surface area contributed by atoms with Crippen LogP contribution in [0.15, 0.2) is 10.9 Å². The highest BCUT2D eigenvalue weighted by Crippen LogP contribution is 1.94. The first-order valence-corrected chi connectivity index (χ1v) is 3.90. The number of hydrogen-bond donors (Lipinski definition) is 1. The Morgan fingerprint density at radius 2 is 2.33 bits per heavy atom. The molecule has 1 aromatic heterocycles. The van der Waals surface area contributed by atoms with Crippen molar-refractivity contribution in [2.45, 2.75) is 19.8 Å². The molecule has 4 heteroatoms. The van der Waals surface area contributed by atoms with Crippen LogP contribution in [0.5, 0.6) is 0 Å². The average molecular weight is 168 g/mol.